The number of nitrogens with two attached hydrogens (primary N) is 1. The Hall–Kier alpha value is -0.930. The predicted molar refractivity (Wildman–Crippen MR) is 70.1 cm³/mol. The third-order valence-corrected chi connectivity index (χ3v) is 2.79. The van der Waals surface area contributed by atoms with E-state index in [0.29, 0.717) is 12.5 Å². The molecule has 0 aliphatic heterocycles. The van der Waals surface area contributed by atoms with Gasteiger partial charge in [0.1, 0.15) is 5.82 Å². The van der Waals surface area contributed by atoms with Gasteiger partial charge < -0.3 is 10.6 Å². The van der Waals surface area contributed by atoms with Crippen LogP contribution in [0.25, 0.3) is 0 Å². The Labute approximate surface area is 104 Å². The van der Waals surface area contributed by atoms with Crippen LogP contribution in [0, 0.1) is 11.7 Å². The Morgan fingerprint density at radius 1 is 1.24 bits per heavy atom. The predicted octanol–water partition coefficient (Wildman–Crippen LogP) is 2.76. The van der Waals surface area contributed by atoms with E-state index in [1.54, 1.807) is 6.07 Å². The smallest absolute Gasteiger partial charge is 0.123 e. The van der Waals surface area contributed by atoms with Gasteiger partial charge in [0.2, 0.25) is 0 Å². The lowest BCUT2D eigenvalue weighted by Gasteiger charge is -2.18. The molecule has 1 rings (SSSR count). The summed E-state index contributed by atoms with van der Waals surface area (Å²) in [5.74, 6) is 0.504. The molecule has 2 N–H and O–H groups in total. The second-order valence-electron chi connectivity index (χ2n) is 5.09. The summed E-state index contributed by atoms with van der Waals surface area (Å²) in [5, 5.41) is 0. The van der Waals surface area contributed by atoms with E-state index in [-0.39, 0.29) is 5.82 Å². The Kier molecular flexibility index (Phi) is 5.59. The van der Waals surface area contributed by atoms with E-state index in [2.05, 4.69) is 25.8 Å². The Balaban J connectivity index is 2.58. The van der Waals surface area contributed by atoms with Crippen molar-refractivity contribution in [2.75, 3.05) is 13.6 Å². The molecule has 0 saturated carbocycles. The van der Waals surface area contributed by atoms with Crippen molar-refractivity contribution in [2.45, 2.75) is 33.4 Å². The average Bonchev–Trinajstić information content (AvgIpc) is 2.25. The fourth-order valence-corrected chi connectivity index (χ4v) is 1.80. The quantitative estimate of drug-likeness (QED) is 0.825. The lowest BCUT2D eigenvalue weighted by Crippen LogP contribution is -2.20. The van der Waals surface area contributed by atoms with Crippen molar-refractivity contribution in [2.24, 2.45) is 11.7 Å². The van der Waals surface area contributed by atoms with Crippen molar-refractivity contribution in [1.82, 2.24) is 4.90 Å². The van der Waals surface area contributed by atoms with Gasteiger partial charge in [0.15, 0.2) is 0 Å². The monoisotopic (exact) mass is 238 g/mol. The molecule has 0 aromatic heterocycles. The van der Waals surface area contributed by atoms with E-state index < -0.39 is 0 Å². The van der Waals surface area contributed by atoms with Crippen molar-refractivity contribution in [1.29, 1.82) is 0 Å². The first-order chi connectivity index (χ1) is 8.01. The zero-order valence-electron chi connectivity index (χ0n) is 11.0. The van der Waals surface area contributed by atoms with E-state index in [1.807, 2.05) is 6.07 Å². The molecule has 17 heavy (non-hydrogen) atoms. The number of rotatable bonds is 6. The topological polar surface area (TPSA) is 29.3 Å². The summed E-state index contributed by atoms with van der Waals surface area (Å²) in [6.07, 6.45) is 1.16. The molecule has 0 atom stereocenters. The van der Waals surface area contributed by atoms with Crippen LogP contribution in [0.5, 0.6) is 0 Å². The van der Waals surface area contributed by atoms with Crippen LogP contribution in [0.1, 0.15) is 31.4 Å². The maximum atomic E-state index is 13.3. The lowest BCUT2D eigenvalue weighted by molar-refractivity contribution is 0.303. The van der Waals surface area contributed by atoms with E-state index in [0.717, 1.165) is 30.6 Å². The first-order valence-electron chi connectivity index (χ1n) is 6.18. The highest BCUT2D eigenvalue weighted by atomic mass is 19.1. The molecule has 0 aliphatic rings. The van der Waals surface area contributed by atoms with Gasteiger partial charge in [-0.2, -0.15) is 0 Å². The molecule has 3 heteroatoms. The SMILES string of the molecule is CC(C)CCN(C)Cc1cc(F)cc(CN)c1. The van der Waals surface area contributed by atoms with E-state index in [9.17, 15) is 4.39 Å². The summed E-state index contributed by atoms with van der Waals surface area (Å²) in [6.45, 7) is 6.62. The summed E-state index contributed by atoms with van der Waals surface area (Å²) in [5.41, 5.74) is 7.39. The van der Waals surface area contributed by atoms with E-state index in [1.165, 1.54) is 6.07 Å². The van der Waals surface area contributed by atoms with Crippen LogP contribution in [0.15, 0.2) is 18.2 Å². The Bertz CT molecular complexity index is 350. The van der Waals surface area contributed by atoms with Gasteiger partial charge in [-0.05, 0) is 49.2 Å². The average molecular weight is 238 g/mol. The van der Waals surface area contributed by atoms with Crippen LogP contribution in [0.3, 0.4) is 0 Å². The fraction of sp³-hybridized carbons (Fsp3) is 0.571. The van der Waals surface area contributed by atoms with Crippen LogP contribution in [-0.2, 0) is 13.1 Å². The van der Waals surface area contributed by atoms with Crippen LogP contribution in [-0.4, -0.2) is 18.5 Å². The highest BCUT2D eigenvalue weighted by molar-refractivity contribution is 5.24. The van der Waals surface area contributed by atoms with Crippen LogP contribution < -0.4 is 5.73 Å². The summed E-state index contributed by atoms with van der Waals surface area (Å²) in [4.78, 5) is 2.22. The molecule has 0 bridgehead atoms. The third kappa shape index (κ3) is 5.29. The lowest BCUT2D eigenvalue weighted by atomic mass is 10.1. The first kappa shape index (κ1) is 14.1. The van der Waals surface area contributed by atoms with E-state index >= 15 is 0 Å². The zero-order valence-corrected chi connectivity index (χ0v) is 11.0. The fourth-order valence-electron chi connectivity index (χ4n) is 1.80. The molecular formula is C14H23FN2. The van der Waals surface area contributed by atoms with Crippen molar-refractivity contribution < 1.29 is 4.39 Å². The molecule has 2 nitrogen and oxygen atoms in total. The van der Waals surface area contributed by atoms with Crippen LogP contribution >= 0.6 is 0 Å². The second-order valence-corrected chi connectivity index (χ2v) is 5.09. The van der Waals surface area contributed by atoms with Gasteiger partial charge in [-0.15, -0.1) is 0 Å². The highest BCUT2D eigenvalue weighted by Gasteiger charge is 2.04. The Morgan fingerprint density at radius 3 is 2.47 bits per heavy atom. The largest absolute Gasteiger partial charge is 0.326 e. The number of hydrogen-bond donors (Lipinski definition) is 1. The van der Waals surface area contributed by atoms with Crippen LogP contribution in [0.2, 0.25) is 0 Å². The van der Waals surface area contributed by atoms with E-state index in [4.69, 9.17) is 5.73 Å². The molecule has 0 fully saturated rings. The number of hydrogen-bond acceptors (Lipinski definition) is 2. The summed E-state index contributed by atoms with van der Waals surface area (Å²) < 4.78 is 13.3. The molecule has 0 aliphatic carbocycles. The number of nitrogens with zero attached hydrogens (tertiary/aromatic N) is 1. The normalized spacial score (nSPS) is 11.5. The third-order valence-electron chi connectivity index (χ3n) is 2.79. The van der Waals surface area contributed by atoms with Gasteiger partial charge in [-0.3, -0.25) is 0 Å². The molecule has 1 aromatic rings. The standard InChI is InChI=1S/C14H23FN2/c1-11(2)4-5-17(3)10-13-6-12(9-16)7-14(15)8-13/h6-8,11H,4-5,9-10,16H2,1-3H3. The van der Waals surface area contributed by atoms with Crippen molar-refractivity contribution >= 4 is 0 Å². The molecule has 0 saturated heterocycles. The van der Waals surface area contributed by atoms with Crippen molar-refractivity contribution in [3.8, 4) is 0 Å². The number of benzene rings is 1. The van der Waals surface area contributed by atoms with Gasteiger partial charge in [0.25, 0.3) is 0 Å². The highest BCUT2D eigenvalue weighted by Crippen LogP contribution is 2.11. The second kappa shape index (κ2) is 6.72. The summed E-state index contributed by atoms with van der Waals surface area (Å²) in [7, 11) is 2.06. The molecule has 0 unspecified atom stereocenters. The van der Waals surface area contributed by atoms with Gasteiger partial charge in [0.05, 0.1) is 0 Å². The van der Waals surface area contributed by atoms with Gasteiger partial charge in [-0.25, -0.2) is 4.39 Å². The molecule has 96 valence electrons. The molecule has 1 aromatic carbocycles. The minimum atomic E-state index is -0.194. The first-order valence-corrected chi connectivity index (χ1v) is 6.18. The van der Waals surface area contributed by atoms with Gasteiger partial charge in [-0.1, -0.05) is 19.9 Å². The maximum absolute atomic E-state index is 13.3. The molecule has 0 radical (unpaired) electrons. The molecule has 0 spiro atoms. The number of halogens is 1. The minimum Gasteiger partial charge on any atom is -0.326 e. The minimum absolute atomic E-state index is 0.194. The zero-order chi connectivity index (χ0) is 12.8. The summed E-state index contributed by atoms with van der Waals surface area (Å²) in [6, 6.07) is 5.07. The van der Waals surface area contributed by atoms with Gasteiger partial charge >= 0.3 is 0 Å². The molecular weight excluding hydrogens is 215 g/mol. The van der Waals surface area contributed by atoms with Crippen LogP contribution in [0.4, 0.5) is 4.39 Å². The molecule has 0 amide bonds. The summed E-state index contributed by atoms with van der Waals surface area (Å²) >= 11 is 0. The van der Waals surface area contributed by atoms with Crippen molar-refractivity contribution in [3.63, 3.8) is 0 Å². The van der Waals surface area contributed by atoms with Gasteiger partial charge in [0, 0.05) is 13.1 Å². The Morgan fingerprint density at radius 2 is 1.88 bits per heavy atom. The maximum Gasteiger partial charge on any atom is 0.123 e. The van der Waals surface area contributed by atoms with Crippen molar-refractivity contribution in [3.05, 3.63) is 35.1 Å². The molecule has 0 heterocycles.